The normalized spacial score (nSPS) is 17.5. The number of carbonyl (C=O) groups excluding carboxylic acids is 1. The standard InChI is InChI=1S/C26H32N6O4/c1-26(2,3)36-25(33)32-11-10-21-20(15-32)23(28-13-19-5-4-12-34-19)31-24(30-21)29-18-8-6-17(7-9-18)22-14-27-16-35-22/h6-9,14,16,19H,4-5,10-13,15H2,1-3H3,(H2,28,29,30,31)/t19-/m1/s1. The highest BCUT2D eigenvalue weighted by atomic mass is 16.6. The van der Waals surface area contributed by atoms with E-state index in [2.05, 4.69) is 15.6 Å². The number of aromatic nitrogens is 3. The van der Waals surface area contributed by atoms with Gasteiger partial charge in [0.15, 0.2) is 12.2 Å². The minimum Gasteiger partial charge on any atom is -0.444 e. The van der Waals surface area contributed by atoms with Gasteiger partial charge in [0.2, 0.25) is 5.95 Å². The number of ether oxygens (including phenoxy) is 2. The van der Waals surface area contributed by atoms with Crippen LogP contribution in [0.4, 0.5) is 22.2 Å². The van der Waals surface area contributed by atoms with Gasteiger partial charge in [0.25, 0.3) is 0 Å². The first-order valence-electron chi connectivity index (χ1n) is 12.3. The third kappa shape index (κ3) is 5.76. The number of nitrogens with one attached hydrogen (secondary N) is 2. The van der Waals surface area contributed by atoms with E-state index >= 15 is 0 Å². The lowest BCUT2D eigenvalue weighted by molar-refractivity contribution is 0.0223. The highest BCUT2D eigenvalue weighted by molar-refractivity contribution is 5.70. The number of oxazole rings is 1. The first-order valence-corrected chi connectivity index (χ1v) is 12.3. The van der Waals surface area contributed by atoms with Gasteiger partial charge in [-0.25, -0.2) is 14.8 Å². The molecule has 0 radical (unpaired) electrons. The zero-order valence-corrected chi connectivity index (χ0v) is 20.9. The van der Waals surface area contributed by atoms with Crippen molar-refractivity contribution in [2.45, 2.75) is 58.3 Å². The monoisotopic (exact) mass is 492 g/mol. The van der Waals surface area contributed by atoms with E-state index in [-0.39, 0.29) is 12.2 Å². The van der Waals surface area contributed by atoms with E-state index in [4.69, 9.17) is 23.9 Å². The smallest absolute Gasteiger partial charge is 0.410 e. The minimum atomic E-state index is -0.550. The number of hydrogen-bond donors (Lipinski definition) is 2. The molecule has 1 fully saturated rings. The number of hydrogen-bond acceptors (Lipinski definition) is 9. The Labute approximate surface area is 210 Å². The van der Waals surface area contributed by atoms with Crippen molar-refractivity contribution in [1.82, 2.24) is 19.9 Å². The number of rotatable bonds is 6. The maximum absolute atomic E-state index is 12.7. The molecule has 0 unspecified atom stereocenters. The minimum absolute atomic E-state index is 0.154. The van der Waals surface area contributed by atoms with Crippen molar-refractivity contribution in [1.29, 1.82) is 0 Å². The molecule has 5 rings (SSSR count). The lowest BCUT2D eigenvalue weighted by atomic mass is 10.1. The van der Waals surface area contributed by atoms with Crippen LogP contribution in [0.1, 0.15) is 44.9 Å². The van der Waals surface area contributed by atoms with Crippen LogP contribution in [0.25, 0.3) is 11.3 Å². The highest BCUT2D eigenvalue weighted by Gasteiger charge is 2.29. The maximum atomic E-state index is 12.7. The second kappa shape index (κ2) is 10.1. The zero-order chi connectivity index (χ0) is 25.1. The Morgan fingerprint density at radius 1 is 1.22 bits per heavy atom. The van der Waals surface area contributed by atoms with Crippen LogP contribution in [0.15, 0.2) is 41.3 Å². The number of fused-ring (bicyclic) bond motifs is 1. The molecule has 0 aliphatic carbocycles. The van der Waals surface area contributed by atoms with Gasteiger partial charge in [-0.1, -0.05) is 0 Å². The van der Waals surface area contributed by atoms with E-state index in [1.54, 1.807) is 11.1 Å². The van der Waals surface area contributed by atoms with Crippen LogP contribution in [0, 0.1) is 0 Å². The molecular weight excluding hydrogens is 460 g/mol. The van der Waals surface area contributed by atoms with E-state index in [1.807, 2.05) is 45.0 Å². The fourth-order valence-corrected chi connectivity index (χ4v) is 4.32. The van der Waals surface area contributed by atoms with Gasteiger partial charge in [0.1, 0.15) is 11.4 Å². The van der Waals surface area contributed by atoms with Crippen molar-refractivity contribution in [3.8, 4) is 11.3 Å². The fourth-order valence-electron chi connectivity index (χ4n) is 4.32. The number of anilines is 3. The second-order valence-corrected chi connectivity index (χ2v) is 10.1. The molecule has 0 spiro atoms. The van der Waals surface area contributed by atoms with Crippen LogP contribution in [0.5, 0.6) is 0 Å². The summed E-state index contributed by atoms with van der Waals surface area (Å²) in [6.07, 6.45) is 5.63. The lowest BCUT2D eigenvalue weighted by Crippen LogP contribution is -2.40. The number of carbonyl (C=O) groups is 1. The third-order valence-electron chi connectivity index (χ3n) is 6.09. The summed E-state index contributed by atoms with van der Waals surface area (Å²) in [5, 5.41) is 6.78. The Kier molecular flexibility index (Phi) is 6.77. The van der Waals surface area contributed by atoms with Crippen LogP contribution in [0.2, 0.25) is 0 Å². The molecule has 1 saturated heterocycles. The van der Waals surface area contributed by atoms with Crippen molar-refractivity contribution in [2.24, 2.45) is 0 Å². The molecule has 1 atom stereocenters. The summed E-state index contributed by atoms with van der Waals surface area (Å²) in [7, 11) is 0. The molecule has 36 heavy (non-hydrogen) atoms. The van der Waals surface area contributed by atoms with Crippen molar-refractivity contribution >= 4 is 23.5 Å². The fraction of sp³-hybridized carbons (Fsp3) is 0.462. The lowest BCUT2D eigenvalue weighted by Gasteiger charge is -2.31. The van der Waals surface area contributed by atoms with Crippen molar-refractivity contribution in [3.05, 3.63) is 48.1 Å². The molecule has 1 aromatic carbocycles. The molecule has 2 aromatic heterocycles. The first kappa shape index (κ1) is 24.1. The molecule has 10 nitrogen and oxygen atoms in total. The van der Waals surface area contributed by atoms with E-state index in [1.165, 1.54) is 6.39 Å². The Bertz CT molecular complexity index is 1180. The molecule has 4 heterocycles. The van der Waals surface area contributed by atoms with Crippen LogP contribution < -0.4 is 10.6 Å². The second-order valence-electron chi connectivity index (χ2n) is 10.1. The van der Waals surface area contributed by atoms with E-state index in [0.29, 0.717) is 43.6 Å². The van der Waals surface area contributed by atoms with Gasteiger partial charge in [-0.3, -0.25) is 0 Å². The van der Waals surface area contributed by atoms with Gasteiger partial charge in [-0.05, 0) is 57.9 Å². The van der Waals surface area contributed by atoms with Crippen molar-refractivity contribution < 1.29 is 18.7 Å². The summed E-state index contributed by atoms with van der Waals surface area (Å²) in [5.74, 6) is 1.92. The Morgan fingerprint density at radius 3 is 2.75 bits per heavy atom. The van der Waals surface area contributed by atoms with Crippen molar-refractivity contribution in [3.63, 3.8) is 0 Å². The quantitative estimate of drug-likeness (QED) is 0.502. The topological polar surface area (TPSA) is 115 Å². The average molecular weight is 493 g/mol. The predicted octanol–water partition coefficient (Wildman–Crippen LogP) is 4.76. The molecule has 190 valence electrons. The summed E-state index contributed by atoms with van der Waals surface area (Å²) >= 11 is 0. The zero-order valence-electron chi connectivity index (χ0n) is 20.9. The van der Waals surface area contributed by atoms with Gasteiger partial charge in [0.05, 0.1) is 24.5 Å². The third-order valence-corrected chi connectivity index (χ3v) is 6.09. The highest BCUT2D eigenvalue weighted by Crippen LogP contribution is 2.29. The summed E-state index contributed by atoms with van der Waals surface area (Å²) in [6, 6.07) is 7.81. The molecular formula is C26H32N6O4. The molecule has 0 bridgehead atoms. The SMILES string of the molecule is CC(C)(C)OC(=O)N1CCc2nc(Nc3ccc(-c4cnco4)cc3)nc(NC[C@H]3CCCO3)c2C1. The Morgan fingerprint density at radius 2 is 2.06 bits per heavy atom. The Balaban J connectivity index is 1.36. The molecule has 2 N–H and O–H groups in total. The molecule has 2 aliphatic rings. The van der Waals surface area contributed by atoms with E-state index in [0.717, 1.165) is 42.0 Å². The molecule has 2 aliphatic heterocycles. The van der Waals surface area contributed by atoms with E-state index < -0.39 is 5.60 Å². The molecule has 10 heteroatoms. The van der Waals surface area contributed by atoms with Gasteiger partial charge in [0, 0.05) is 42.9 Å². The van der Waals surface area contributed by atoms with Crippen LogP contribution in [0.3, 0.4) is 0 Å². The summed E-state index contributed by atoms with van der Waals surface area (Å²) in [5.41, 5.74) is 3.07. The van der Waals surface area contributed by atoms with Crippen LogP contribution >= 0.6 is 0 Å². The predicted molar refractivity (Wildman–Crippen MR) is 135 cm³/mol. The van der Waals surface area contributed by atoms with Crippen LogP contribution in [-0.2, 0) is 22.4 Å². The largest absolute Gasteiger partial charge is 0.444 e. The summed E-state index contributed by atoms with van der Waals surface area (Å²) in [6.45, 7) is 7.99. The number of nitrogens with zero attached hydrogens (tertiary/aromatic N) is 4. The first-order chi connectivity index (χ1) is 17.3. The Hall–Kier alpha value is -3.66. The average Bonchev–Trinajstić information content (AvgIpc) is 3.56. The van der Waals surface area contributed by atoms with Gasteiger partial charge >= 0.3 is 6.09 Å². The summed E-state index contributed by atoms with van der Waals surface area (Å²) in [4.78, 5) is 28.0. The van der Waals surface area contributed by atoms with Gasteiger partial charge < -0.3 is 29.4 Å². The number of amides is 1. The molecule has 1 amide bonds. The summed E-state index contributed by atoms with van der Waals surface area (Å²) < 4.78 is 16.7. The van der Waals surface area contributed by atoms with Gasteiger partial charge in [-0.2, -0.15) is 4.98 Å². The number of benzene rings is 1. The van der Waals surface area contributed by atoms with Gasteiger partial charge in [-0.15, -0.1) is 0 Å². The molecule has 3 aromatic rings. The van der Waals surface area contributed by atoms with Crippen LogP contribution in [-0.4, -0.2) is 57.3 Å². The van der Waals surface area contributed by atoms with Crippen molar-refractivity contribution in [2.75, 3.05) is 30.3 Å². The van der Waals surface area contributed by atoms with E-state index in [9.17, 15) is 4.79 Å². The molecule has 0 saturated carbocycles. The maximum Gasteiger partial charge on any atom is 0.410 e.